The van der Waals surface area contributed by atoms with E-state index in [-0.39, 0.29) is 0 Å². The summed E-state index contributed by atoms with van der Waals surface area (Å²) >= 11 is 0. The number of furan rings is 1. The smallest absolute Gasteiger partial charge is 0.259 e. The molecule has 0 aliphatic carbocycles. The van der Waals surface area contributed by atoms with E-state index in [9.17, 15) is 0 Å². The number of hydrogen-bond donors (Lipinski definition) is 0. The van der Waals surface area contributed by atoms with Crippen molar-refractivity contribution in [2.75, 3.05) is 0 Å². The maximum absolute atomic E-state index is 6.43. The van der Waals surface area contributed by atoms with Crippen molar-refractivity contribution in [3.63, 3.8) is 0 Å². The van der Waals surface area contributed by atoms with E-state index in [2.05, 4.69) is 115 Å². The van der Waals surface area contributed by atoms with Gasteiger partial charge in [-0.3, -0.25) is 0 Å². The molecule has 158 valence electrons. The Morgan fingerprint density at radius 3 is 2.27 bits per heavy atom. The molecule has 0 N–H and O–H groups in total. The fraction of sp³-hybridized carbons (Fsp3) is 0.100. The summed E-state index contributed by atoms with van der Waals surface area (Å²) in [5.41, 5.74) is 6.69. The van der Waals surface area contributed by atoms with Crippen molar-refractivity contribution in [2.45, 2.75) is 13.8 Å². The Bertz CT molecular complexity index is 1900. The predicted octanol–water partition coefficient (Wildman–Crippen LogP) is 7.28. The second-order valence-electron chi connectivity index (χ2n) is 9.02. The third-order valence-corrected chi connectivity index (χ3v) is 7.20. The van der Waals surface area contributed by atoms with Crippen molar-refractivity contribution >= 4 is 54.5 Å². The molecule has 0 bridgehead atoms. The molecule has 0 spiro atoms. The minimum Gasteiger partial charge on any atom is -0.456 e. The highest BCUT2D eigenvalue weighted by Gasteiger charge is 2.24. The van der Waals surface area contributed by atoms with Crippen LogP contribution in [-0.4, -0.2) is 4.57 Å². The van der Waals surface area contributed by atoms with Gasteiger partial charge in [0.15, 0.2) is 11.0 Å². The summed E-state index contributed by atoms with van der Waals surface area (Å²) in [6.07, 6.45) is 0. The first kappa shape index (κ1) is 18.5. The molecule has 0 radical (unpaired) electrons. The summed E-state index contributed by atoms with van der Waals surface area (Å²) in [6.45, 7) is 4.34. The van der Waals surface area contributed by atoms with Crippen molar-refractivity contribution in [1.29, 1.82) is 0 Å². The molecule has 7 aromatic rings. The second kappa shape index (κ2) is 6.46. The van der Waals surface area contributed by atoms with Crippen LogP contribution < -0.4 is 4.57 Å². The van der Waals surface area contributed by atoms with E-state index in [1.807, 2.05) is 0 Å². The van der Waals surface area contributed by atoms with Crippen LogP contribution in [-0.2, 0) is 7.05 Å². The highest BCUT2D eigenvalue weighted by atomic mass is 16.3. The van der Waals surface area contributed by atoms with Gasteiger partial charge in [0.1, 0.15) is 16.9 Å². The molecule has 33 heavy (non-hydrogen) atoms. The van der Waals surface area contributed by atoms with Gasteiger partial charge in [0.05, 0.1) is 7.05 Å². The molecule has 0 unspecified atom stereocenters. The molecular formula is C30H23N2O+. The first-order chi connectivity index (χ1) is 16.1. The van der Waals surface area contributed by atoms with Crippen LogP contribution in [0.3, 0.4) is 0 Å². The molecule has 5 aromatic carbocycles. The van der Waals surface area contributed by atoms with Crippen LogP contribution in [0.2, 0.25) is 0 Å². The topological polar surface area (TPSA) is 21.9 Å². The second-order valence-corrected chi connectivity index (χ2v) is 9.02. The Morgan fingerprint density at radius 1 is 0.667 bits per heavy atom. The zero-order chi connectivity index (χ0) is 22.3. The van der Waals surface area contributed by atoms with Crippen molar-refractivity contribution < 1.29 is 8.98 Å². The van der Waals surface area contributed by atoms with Crippen LogP contribution in [0.5, 0.6) is 0 Å². The lowest BCUT2D eigenvalue weighted by Crippen LogP contribution is -2.30. The number of nitrogens with zero attached hydrogens (tertiary/aromatic N) is 2. The van der Waals surface area contributed by atoms with E-state index >= 15 is 0 Å². The lowest BCUT2D eigenvalue weighted by Gasteiger charge is -2.04. The summed E-state index contributed by atoms with van der Waals surface area (Å²) < 4.78 is 11.0. The van der Waals surface area contributed by atoms with Gasteiger partial charge in [-0.25, -0.2) is 4.57 Å². The summed E-state index contributed by atoms with van der Waals surface area (Å²) in [7, 11) is 2.13. The minimum absolute atomic E-state index is 0.926. The Morgan fingerprint density at radius 2 is 1.39 bits per heavy atom. The summed E-state index contributed by atoms with van der Waals surface area (Å²) in [4.78, 5) is 0. The van der Waals surface area contributed by atoms with E-state index in [0.717, 1.165) is 27.5 Å². The van der Waals surface area contributed by atoms with Gasteiger partial charge in [0.2, 0.25) is 0 Å². The zero-order valence-electron chi connectivity index (χ0n) is 18.9. The van der Waals surface area contributed by atoms with Gasteiger partial charge >= 0.3 is 0 Å². The molecule has 0 amide bonds. The monoisotopic (exact) mass is 427 g/mol. The van der Waals surface area contributed by atoms with Crippen LogP contribution in [0.4, 0.5) is 0 Å². The Kier molecular flexibility index (Phi) is 3.61. The number of benzene rings is 5. The van der Waals surface area contributed by atoms with Gasteiger partial charge in [-0.15, -0.1) is 0 Å². The maximum atomic E-state index is 6.43. The third-order valence-electron chi connectivity index (χ3n) is 7.20. The highest BCUT2D eigenvalue weighted by Crippen LogP contribution is 2.37. The minimum atomic E-state index is 0.926. The highest BCUT2D eigenvalue weighted by molar-refractivity contribution is 6.17. The van der Waals surface area contributed by atoms with Gasteiger partial charge in [0, 0.05) is 29.8 Å². The zero-order valence-corrected chi connectivity index (χ0v) is 18.9. The van der Waals surface area contributed by atoms with E-state index < -0.39 is 0 Å². The van der Waals surface area contributed by atoms with Crippen LogP contribution >= 0.6 is 0 Å². The first-order valence-electron chi connectivity index (χ1n) is 11.3. The number of aryl methyl sites for hydroxylation is 2. The van der Waals surface area contributed by atoms with Crippen molar-refractivity contribution in [3.05, 3.63) is 96.3 Å². The van der Waals surface area contributed by atoms with Crippen molar-refractivity contribution in [3.8, 4) is 5.69 Å². The summed E-state index contributed by atoms with van der Waals surface area (Å²) in [5.74, 6) is 1.19. The van der Waals surface area contributed by atoms with E-state index in [1.54, 1.807) is 0 Å². The average molecular weight is 428 g/mol. The Hall–Kier alpha value is -4.11. The lowest BCUT2D eigenvalue weighted by molar-refractivity contribution is -0.652. The quantitative estimate of drug-likeness (QED) is 0.199. The van der Waals surface area contributed by atoms with Crippen molar-refractivity contribution in [2.24, 2.45) is 7.05 Å². The third kappa shape index (κ3) is 2.48. The summed E-state index contributed by atoms with van der Waals surface area (Å²) in [6, 6.07) is 30.5. The lowest BCUT2D eigenvalue weighted by atomic mass is 10.00. The molecule has 7 rings (SSSR count). The van der Waals surface area contributed by atoms with Crippen molar-refractivity contribution in [1.82, 2.24) is 4.57 Å². The maximum Gasteiger partial charge on any atom is 0.259 e. The van der Waals surface area contributed by atoms with E-state index in [4.69, 9.17) is 4.42 Å². The number of imidazole rings is 1. The summed E-state index contributed by atoms with van der Waals surface area (Å²) in [5, 5.41) is 7.29. The molecule has 0 saturated carbocycles. The van der Waals surface area contributed by atoms with E-state index in [1.165, 1.54) is 44.1 Å². The molecule has 0 atom stereocenters. The molecule has 0 saturated heterocycles. The van der Waals surface area contributed by atoms with Gasteiger partial charge < -0.3 is 4.42 Å². The largest absolute Gasteiger partial charge is 0.456 e. The molecule has 2 heterocycles. The van der Waals surface area contributed by atoms with E-state index in [0.29, 0.717) is 0 Å². The Balaban J connectivity index is 1.60. The molecule has 0 aliphatic heterocycles. The van der Waals surface area contributed by atoms with Gasteiger partial charge in [0.25, 0.3) is 5.82 Å². The van der Waals surface area contributed by atoms with Crippen LogP contribution in [0, 0.1) is 13.8 Å². The predicted molar refractivity (Wildman–Crippen MR) is 136 cm³/mol. The molecule has 3 heteroatoms. The molecular weight excluding hydrogens is 404 g/mol. The molecule has 2 aromatic heterocycles. The molecule has 0 fully saturated rings. The normalized spacial score (nSPS) is 12.1. The van der Waals surface area contributed by atoms with Gasteiger partial charge in [-0.2, -0.15) is 4.57 Å². The number of para-hydroxylation sites is 1. The Labute approximate surface area is 191 Å². The fourth-order valence-electron chi connectivity index (χ4n) is 5.37. The van der Waals surface area contributed by atoms with Crippen LogP contribution in [0.1, 0.15) is 11.4 Å². The first-order valence-corrected chi connectivity index (χ1v) is 11.3. The average Bonchev–Trinajstić information content (AvgIpc) is 3.30. The van der Waals surface area contributed by atoms with Crippen LogP contribution in [0.25, 0.3) is 60.2 Å². The SMILES string of the molecule is Cc1ccccc1-n1c(C)[n+](C)c2cc3oc4cc5c(ccc6ccccc65)cc4c3cc21. The number of hydrogen-bond acceptors (Lipinski definition) is 1. The number of rotatable bonds is 1. The number of fused-ring (bicyclic) bond motifs is 7. The van der Waals surface area contributed by atoms with Gasteiger partial charge in [-0.05, 0) is 52.2 Å². The standard InChI is InChI=1S/C30H23N2O/c1-18-8-4-7-11-26(18)32-19(2)31(3)27-17-30-25(15-28(27)32)24-14-21-13-12-20-9-5-6-10-22(20)23(21)16-29(24)33-30/h4-17H,1-3H3/q+1. The van der Waals surface area contributed by atoms with Crippen LogP contribution in [0.15, 0.2) is 89.3 Å². The molecule has 3 nitrogen and oxygen atoms in total. The number of aromatic nitrogens is 2. The fourth-order valence-corrected chi connectivity index (χ4v) is 5.37. The molecule has 0 aliphatic rings. The van der Waals surface area contributed by atoms with Gasteiger partial charge in [-0.1, -0.05) is 54.6 Å².